The lowest BCUT2D eigenvalue weighted by molar-refractivity contribution is 0.281. The molecule has 2 rings (SSSR count). The monoisotopic (exact) mass is 375 g/mol. The Kier molecular flexibility index (Phi) is 7.72. The second-order valence-electron chi connectivity index (χ2n) is 6.27. The van der Waals surface area contributed by atoms with Crippen LogP contribution in [0.4, 0.5) is 5.13 Å². The van der Waals surface area contributed by atoms with Gasteiger partial charge in [0.1, 0.15) is 12.4 Å². The molecule has 7 heteroatoms. The molecule has 26 heavy (non-hydrogen) atoms. The minimum atomic E-state index is 0.565. The number of anilines is 1. The van der Waals surface area contributed by atoms with E-state index in [4.69, 9.17) is 9.73 Å². The molecule has 0 radical (unpaired) electrons. The molecule has 0 fully saturated rings. The maximum atomic E-state index is 5.81. The van der Waals surface area contributed by atoms with E-state index >= 15 is 0 Å². The zero-order chi connectivity index (χ0) is 18.9. The summed E-state index contributed by atoms with van der Waals surface area (Å²) in [5.74, 6) is 1.75. The topological polar surface area (TPSA) is 53.0 Å². The van der Waals surface area contributed by atoms with E-state index in [0.29, 0.717) is 13.2 Å². The molecule has 6 nitrogen and oxygen atoms in total. The van der Waals surface area contributed by atoms with Crippen LogP contribution >= 0.6 is 11.3 Å². The predicted molar refractivity (Wildman–Crippen MR) is 111 cm³/mol. The number of aryl methyl sites for hydroxylation is 1. The van der Waals surface area contributed by atoms with Crippen molar-refractivity contribution in [3.05, 3.63) is 40.9 Å². The molecule has 0 saturated carbocycles. The molecule has 0 saturated heterocycles. The summed E-state index contributed by atoms with van der Waals surface area (Å²) in [4.78, 5) is 13.4. The molecule has 1 aromatic heterocycles. The number of hydrogen-bond donors (Lipinski definition) is 1. The molecule has 0 amide bonds. The molecule has 0 aliphatic carbocycles. The number of nitrogens with one attached hydrogen (secondary N) is 1. The number of benzene rings is 1. The molecule has 1 N–H and O–H groups in total. The zero-order valence-corrected chi connectivity index (χ0v) is 17.1. The van der Waals surface area contributed by atoms with Crippen LogP contribution in [0.3, 0.4) is 0 Å². The second kappa shape index (κ2) is 10.0. The summed E-state index contributed by atoms with van der Waals surface area (Å²) >= 11 is 1.64. The highest BCUT2D eigenvalue weighted by Crippen LogP contribution is 2.18. The van der Waals surface area contributed by atoms with E-state index in [1.807, 2.05) is 38.2 Å². The number of thiazole rings is 1. The van der Waals surface area contributed by atoms with E-state index in [1.54, 1.807) is 11.3 Å². The van der Waals surface area contributed by atoms with E-state index in [1.165, 1.54) is 5.56 Å². The van der Waals surface area contributed by atoms with Gasteiger partial charge in [0.15, 0.2) is 11.1 Å². The van der Waals surface area contributed by atoms with Gasteiger partial charge in [-0.1, -0.05) is 17.7 Å². The van der Waals surface area contributed by atoms with Crippen molar-refractivity contribution < 1.29 is 4.74 Å². The highest BCUT2D eigenvalue weighted by molar-refractivity contribution is 7.13. The normalized spacial score (nSPS) is 11.3. The number of rotatable bonds is 8. The van der Waals surface area contributed by atoms with Crippen molar-refractivity contribution in [3.8, 4) is 5.75 Å². The maximum Gasteiger partial charge on any atom is 0.194 e. The van der Waals surface area contributed by atoms with Crippen LogP contribution in [0.5, 0.6) is 5.75 Å². The van der Waals surface area contributed by atoms with Crippen molar-refractivity contribution >= 4 is 22.4 Å². The van der Waals surface area contributed by atoms with E-state index in [9.17, 15) is 0 Å². The molecule has 0 aliphatic heterocycles. The average molecular weight is 376 g/mol. The Morgan fingerprint density at radius 3 is 2.58 bits per heavy atom. The van der Waals surface area contributed by atoms with E-state index in [0.717, 1.165) is 35.6 Å². The van der Waals surface area contributed by atoms with Gasteiger partial charge in [0.25, 0.3) is 0 Å². The molecule has 1 aromatic carbocycles. The fraction of sp³-hybridized carbons (Fsp3) is 0.474. The molecule has 2 aromatic rings. The molecule has 0 bridgehead atoms. The van der Waals surface area contributed by atoms with Crippen LogP contribution in [0.2, 0.25) is 0 Å². The molecular formula is C19H29N5OS. The minimum absolute atomic E-state index is 0.565. The minimum Gasteiger partial charge on any atom is -0.492 e. The number of guanidine groups is 1. The lowest BCUT2D eigenvalue weighted by atomic mass is 10.2. The van der Waals surface area contributed by atoms with Gasteiger partial charge in [-0.05, 0) is 26.0 Å². The van der Waals surface area contributed by atoms with Gasteiger partial charge in [0.05, 0.1) is 18.8 Å². The van der Waals surface area contributed by atoms with Crippen LogP contribution in [-0.4, -0.2) is 56.7 Å². The van der Waals surface area contributed by atoms with Gasteiger partial charge < -0.3 is 19.9 Å². The first-order chi connectivity index (χ1) is 12.5. The first kappa shape index (κ1) is 20.0. The molecule has 1 heterocycles. The van der Waals surface area contributed by atoms with E-state index < -0.39 is 0 Å². The van der Waals surface area contributed by atoms with Crippen molar-refractivity contribution in [1.82, 2.24) is 15.2 Å². The van der Waals surface area contributed by atoms with Gasteiger partial charge in [-0.2, -0.15) is 0 Å². The number of nitrogens with zero attached hydrogens (tertiary/aromatic N) is 4. The first-order valence-corrected chi connectivity index (χ1v) is 9.68. The van der Waals surface area contributed by atoms with Crippen molar-refractivity contribution in [3.63, 3.8) is 0 Å². The molecule has 0 atom stereocenters. The highest BCUT2D eigenvalue weighted by Gasteiger charge is 2.08. The lowest BCUT2D eigenvalue weighted by Crippen LogP contribution is -2.40. The zero-order valence-electron chi connectivity index (χ0n) is 16.3. The summed E-state index contributed by atoms with van der Waals surface area (Å²) in [5, 5.41) is 6.38. The number of ether oxygens (including phenoxy) is 1. The smallest absolute Gasteiger partial charge is 0.194 e. The fourth-order valence-corrected chi connectivity index (χ4v) is 2.99. The summed E-state index contributed by atoms with van der Waals surface area (Å²) < 4.78 is 5.81. The second-order valence-corrected chi connectivity index (χ2v) is 7.11. The van der Waals surface area contributed by atoms with Crippen LogP contribution in [0.15, 0.2) is 34.6 Å². The third-order valence-corrected chi connectivity index (χ3v) is 4.78. The standard InChI is InChI=1S/C19H29N5OS/c1-6-20-18(21-13-16-14-26-19(22-16)23(3)4)24(5)11-12-25-17-9-7-15(2)8-10-17/h7-10,14H,6,11-13H2,1-5H3,(H,20,21). The Bertz CT molecular complexity index is 696. The number of likely N-dealkylation sites (N-methyl/N-ethyl adjacent to an activating group) is 1. The van der Waals surface area contributed by atoms with Crippen LogP contribution < -0.4 is 15.0 Å². The third kappa shape index (κ3) is 6.22. The van der Waals surface area contributed by atoms with Gasteiger partial charge in [0.2, 0.25) is 0 Å². The van der Waals surface area contributed by atoms with Crippen molar-refractivity contribution in [1.29, 1.82) is 0 Å². The Labute approximate surface area is 160 Å². The van der Waals surface area contributed by atoms with Crippen molar-refractivity contribution in [2.45, 2.75) is 20.4 Å². The molecule has 0 spiro atoms. The Morgan fingerprint density at radius 2 is 1.96 bits per heavy atom. The van der Waals surface area contributed by atoms with Gasteiger partial charge >= 0.3 is 0 Å². The summed E-state index contributed by atoms with van der Waals surface area (Å²) in [5.41, 5.74) is 2.22. The van der Waals surface area contributed by atoms with Crippen LogP contribution in [0.1, 0.15) is 18.2 Å². The first-order valence-electron chi connectivity index (χ1n) is 8.80. The third-order valence-electron chi connectivity index (χ3n) is 3.73. The maximum absolute atomic E-state index is 5.81. The number of hydrogen-bond acceptors (Lipinski definition) is 5. The van der Waals surface area contributed by atoms with Crippen LogP contribution in [0.25, 0.3) is 0 Å². The van der Waals surface area contributed by atoms with Gasteiger partial charge in [-0.15, -0.1) is 11.3 Å². The van der Waals surface area contributed by atoms with E-state index in [2.05, 4.69) is 46.6 Å². The van der Waals surface area contributed by atoms with Crippen molar-refractivity contribution in [2.24, 2.45) is 4.99 Å². The summed E-state index contributed by atoms with van der Waals surface area (Å²) in [6.07, 6.45) is 0. The van der Waals surface area contributed by atoms with Gasteiger partial charge in [-0.25, -0.2) is 9.98 Å². The summed E-state index contributed by atoms with van der Waals surface area (Å²) in [6.45, 7) is 6.88. The fourth-order valence-electron chi connectivity index (χ4n) is 2.24. The summed E-state index contributed by atoms with van der Waals surface area (Å²) in [7, 11) is 6.02. The van der Waals surface area contributed by atoms with Gasteiger partial charge in [0, 0.05) is 33.1 Å². The Hall–Kier alpha value is -2.28. The van der Waals surface area contributed by atoms with Crippen LogP contribution in [-0.2, 0) is 6.54 Å². The molecular weight excluding hydrogens is 346 g/mol. The lowest BCUT2D eigenvalue weighted by Gasteiger charge is -2.22. The Balaban J connectivity index is 1.88. The highest BCUT2D eigenvalue weighted by atomic mass is 32.1. The number of aromatic nitrogens is 1. The Morgan fingerprint density at radius 1 is 1.23 bits per heavy atom. The van der Waals surface area contributed by atoms with E-state index in [-0.39, 0.29) is 0 Å². The van der Waals surface area contributed by atoms with Gasteiger partial charge in [-0.3, -0.25) is 0 Å². The molecule has 0 aliphatic rings. The quantitative estimate of drug-likeness (QED) is 0.568. The molecule has 142 valence electrons. The van der Waals surface area contributed by atoms with Crippen molar-refractivity contribution in [2.75, 3.05) is 45.7 Å². The largest absolute Gasteiger partial charge is 0.492 e. The molecule has 0 unspecified atom stereocenters. The van der Waals surface area contributed by atoms with Crippen LogP contribution in [0, 0.1) is 6.92 Å². The predicted octanol–water partition coefficient (Wildman–Crippen LogP) is 2.99. The average Bonchev–Trinajstić information content (AvgIpc) is 3.09. The summed E-state index contributed by atoms with van der Waals surface area (Å²) in [6, 6.07) is 8.11. The number of aliphatic imine (C=N–C) groups is 1. The SMILES string of the molecule is CCNC(=NCc1csc(N(C)C)n1)N(C)CCOc1ccc(C)cc1.